The van der Waals surface area contributed by atoms with Crippen molar-refractivity contribution in [1.29, 1.82) is 0 Å². The van der Waals surface area contributed by atoms with E-state index in [-0.39, 0.29) is 29.6 Å². The van der Waals surface area contributed by atoms with Crippen molar-refractivity contribution in [3.8, 4) is 0 Å². The Morgan fingerprint density at radius 1 is 1.28 bits per heavy atom. The van der Waals surface area contributed by atoms with Crippen molar-refractivity contribution in [2.24, 2.45) is 0 Å². The number of benzene rings is 1. The molecule has 1 N–H and O–H groups in total. The Bertz CT molecular complexity index is 572. The Morgan fingerprint density at radius 3 is 2.67 bits per heavy atom. The normalized spacial score (nSPS) is 14.2. The van der Waals surface area contributed by atoms with Gasteiger partial charge in [0.05, 0.1) is 11.3 Å². The SMILES string of the molecule is C=C1NC(=O)c2ccc(CC(=O)CC)cc2C1=O. The Morgan fingerprint density at radius 2 is 2.00 bits per heavy atom. The highest BCUT2D eigenvalue weighted by Crippen LogP contribution is 2.20. The lowest BCUT2D eigenvalue weighted by atomic mass is 9.93. The molecule has 1 aromatic rings. The zero-order chi connectivity index (χ0) is 13.3. The molecule has 0 unspecified atom stereocenters. The van der Waals surface area contributed by atoms with Crippen LogP contribution in [0.3, 0.4) is 0 Å². The van der Waals surface area contributed by atoms with Crippen LogP contribution in [0.4, 0.5) is 0 Å². The summed E-state index contributed by atoms with van der Waals surface area (Å²) in [6.45, 7) is 5.30. The van der Waals surface area contributed by atoms with Crippen LogP contribution in [0.2, 0.25) is 0 Å². The lowest BCUT2D eigenvalue weighted by molar-refractivity contribution is -0.118. The minimum atomic E-state index is -0.331. The molecular formula is C14H13NO3. The van der Waals surface area contributed by atoms with Gasteiger partial charge in [-0.15, -0.1) is 0 Å². The molecule has 1 heterocycles. The predicted molar refractivity (Wildman–Crippen MR) is 66.4 cm³/mol. The number of nitrogens with one attached hydrogen (secondary N) is 1. The van der Waals surface area contributed by atoms with Gasteiger partial charge in [0, 0.05) is 18.4 Å². The average molecular weight is 243 g/mol. The van der Waals surface area contributed by atoms with Crippen LogP contribution in [0.15, 0.2) is 30.5 Å². The third-order valence-corrected chi connectivity index (χ3v) is 2.91. The van der Waals surface area contributed by atoms with E-state index in [1.807, 2.05) is 0 Å². The first-order valence-electron chi connectivity index (χ1n) is 5.72. The lowest BCUT2D eigenvalue weighted by Crippen LogP contribution is -2.34. The fourth-order valence-corrected chi connectivity index (χ4v) is 1.86. The molecule has 0 spiro atoms. The largest absolute Gasteiger partial charge is 0.319 e. The standard InChI is InChI=1S/C14H13NO3/c1-3-10(16)6-9-4-5-11-12(7-9)13(17)8(2)15-14(11)18/h4-5,7H,2-3,6H2,1H3,(H,15,18). The van der Waals surface area contributed by atoms with Crippen molar-refractivity contribution >= 4 is 17.5 Å². The fourth-order valence-electron chi connectivity index (χ4n) is 1.86. The molecule has 1 aliphatic rings. The third-order valence-electron chi connectivity index (χ3n) is 2.91. The first kappa shape index (κ1) is 12.2. The smallest absolute Gasteiger partial charge is 0.256 e. The first-order chi connectivity index (χ1) is 8.52. The number of hydrogen-bond donors (Lipinski definition) is 1. The van der Waals surface area contributed by atoms with Gasteiger partial charge in [-0.3, -0.25) is 14.4 Å². The second kappa shape index (κ2) is 4.56. The first-order valence-corrected chi connectivity index (χ1v) is 5.72. The van der Waals surface area contributed by atoms with Crippen molar-refractivity contribution in [2.45, 2.75) is 19.8 Å². The zero-order valence-corrected chi connectivity index (χ0v) is 10.1. The third kappa shape index (κ3) is 2.09. The molecule has 0 radical (unpaired) electrons. The number of ketones is 2. The highest BCUT2D eigenvalue weighted by Gasteiger charge is 2.26. The molecule has 1 aliphatic heterocycles. The van der Waals surface area contributed by atoms with E-state index in [1.54, 1.807) is 25.1 Å². The van der Waals surface area contributed by atoms with Crippen LogP contribution in [0.25, 0.3) is 0 Å². The summed E-state index contributed by atoms with van der Waals surface area (Å²) < 4.78 is 0. The minimum Gasteiger partial charge on any atom is -0.319 e. The van der Waals surface area contributed by atoms with E-state index >= 15 is 0 Å². The van der Waals surface area contributed by atoms with Gasteiger partial charge in [0.25, 0.3) is 5.91 Å². The van der Waals surface area contributed by atoms with Gasteiger partial charge in [-0.2, -0.15) is 0 Å². The van der Waals surface area contributed by atoms with Gasteiger partial charge in [-0.1, -0.05) is 19.6 Å². The number of amides is 1. The van der Waals surface area contributed by atoms with E-state index in [4.69, 9.17) is 0 Å². The Labute approximate surface area is 105 Å². The summed E-state index contributed by atoms with van der Waals surface area (Å²) in [5.41, 5.74) is 1.48. The molecule has 0 saturated carbocycles. The van der Waals surface area contributed by atoms with Gasteiger partial charge < -0.3 is 5.32 Å². The second-order valence-corrected chi connectivity index (χ2v) is 4.21. The molecule has 0 bridgehead atoms. The van der Waals surface area contributed by atoms with E-state index in [0.717, 1.165) is 5.56 Å². The number of hydrogen-bond acceptors (Lipinski definition) is 3. The monoisotopic (exact) mass is 243 g/mol. The molecular weight excluding hydrogens is 230 g/mol. The summed E-state index contributed by atoms with van der Waals surface area (Å²) in [7, 11) is 0. The van der Waals surface area contributed by atoms with Crippen LogP contribution in [0.5, 0.6) is 0 Å². The van der Waals surface area contributed by atoms with E-state index in [1.165, 1.54) is 0 Å². The highest BCUT2D eigenvalue weighted by molar-refractivity contribution is 6.20. The van der Waals surface area contributed by atoms with Gasteiger partial charge in [0.1, 0.15) is 5.78 Å². The Hall–Kier alpha value is -2.23. The van der Waals surface area contributed by atoms with Crippen LogP contribution in [-0.4, -0.2) is 17.5 Å². The number of carbonyl (C=O) groups is 3. The molecule has 4 nitrogen and oxygen atoms in total. The topological polar surface area (TPSA) is 63.2 Å². The van der Waals surface area contributed by atoms with Crippen LogP contribution < -0.4 is 5.32 Å². The second-order valence-electron chi connectivity index (χ2n) is 4.21. The molecule has 0 aromatic heterocycles. The molecule has 92 valence electrons. The molecule has 18 heavy (non-hydrogen) atoms. The fraction of sp³-hybridized carbons (Fsp3) is 0.214. The quantitative estimate of drug-likeness (QED) is 0.821. The van der Waals surface area contributed by atoms with E-state index in [9.17, 15) is 14.4 Å². The summed E-state index contributed by atoms with van der Waals surface area (Å²) in [6, 6.07) is 4.88. The zero-order valence-electron chi connectivity index (χ0n) is 10.1. The number of Topliss-reactive ketones (excluding diaryl/α,β-unsaturated/α-hetero) is 2. The Kier molecular flexibility index (Phi) is 3.10. The van der Waals surface area contributed by atoms with Crippen molar-refractivity contribution in [1.82, 2.24) is 5.32 Å². The maximum Gasteiger partial charge on any atom is 0.256 e. The maximum atomic E-state index is 11.9. The summed E-state index contributed by atoms with van der Waals surface area (Å²) in [5.74, 6) is -0.528. The number of rotatable bonds is 3. The van der Waals surface area contributed by atoms with Crippen LogP contribution in [-0.2, 0) is 11.2 Å². The van der Waals surface area contributed by atoms with Gasteiger partial charge in [0.2, 0.25) is 5.78 Å². The van der Waals surface area contributed by atoms with Crippen LogP contribution in [0, 0.1) is 0 Å². The molecule has 0 fully saturated rings. The highest BCUT2D eigenvalue weighted by atomic mass is 16.2. The van der Waals surface area contributed by atoms with Crippen molar-refractivity contribution in [3.63, 3.8) is 0 Å². The average Bonchev–Trinajstić information content (AvgIpc) is 2.36. The number of fused-ring (bicyclic) bond motifs is 1. The lowest BCUT2D eigenvalue weighted by Gasteiger charge is -2.17. The summed E-state index contributed by atoms with van der Waals surface area (Å²) in [4.78, 5) is 34.9. The summed E-state index contributed by atoms with van der Waals surface area (Å²) >= 11 is 0. The van der Waals surface area contributed by atoms with Crippen LogP contribution >= 0.6 is 0 Å². The minimum absolute atomic E-state index is 0.0754. The Balaban J connectivity index is 2.42. The van der Waals surface area contributed by atoms with E-state index < -0.39 is 0 Å². The van der Waals surface area contributed by atoms with Crippen molar-refractivity contribution < 1.29 is 14.4 Å². The number of carbonyl (C=O) groups excluding carboxylic acids is 3. The van der Waals surface area contributed by atoms with Crippen molar-refractivity contribution in [2.75, 3.05) is 0 Å². The molecule has 2 rings (SSSR count). The van der Waals surface area contributed by atoms with Gasteiger partial charge in [-0.05, 0) is 17.7 Å². The molecule has 0 aliphatic carbocycles. The van der Waals surface area contributed by atoms with E-state index in [0.29, 0.717) is 17.5 Å². The number of allylic oxidation sites excluding steroid dienone is 1. The summed E-state index contributed by atoms with van der Waals surface area (Å²) in [5, 5.41) is 2.41. The summed E-state index contributed by atoms with van der Waals surface area (Å²) in [6.07, 6.45) is 0.739. The van der Waals surface area contributed by atoms with Gasteiger partial charge >= 0.3 is 0 Å². The predicted octanol–water partition coefficient (Wildman–Crippen LogP) is 1.65. The molecule has 0 saturated heterocycles. The van der Waals surface area contributed by atoms with Gasteiger partial charge in [0.15, 0.2) is 0 Å². The van der Waals surface area contributed by atoms with E-state index in [2.05, 4.69) is 11.9 Å². The van der Waals surface area contributed by atoms with Crippen LogP contribution in [0.1, 0.15) is 39.6 Å². The molecule has 1 amide bonds. The maximum absolute atomic E-state index is 11.9. The molecule has 0 atom stereocenters. The van der Waals surface area contributed by atoms with Crippen molar-refractivity contribution in [3.05, 3.63) is 47.2 Å². The van der Waals surface area contributed by atoms with Gasteiger partial charge in [-0.25, -0.2) is 0 Å². The molecule has 1 aromatic carbocycles. The molecule has 4 heteroatoms.